The molecule has 0 fully saturated rings. The van der Waals surface area contributed by atoms with Gasteiger partial charge in [0.25, 0.3) is 5.56 Å². The van der Waals surface area contributed by atoms with Crippen LogP contribution in [0.5, 0.6) is 5.75 Å². The highest BCUT2D eigenvalue weighted by molar-refractivity contribution is 5.88. The molecule has 0 aliphatic heterocycles. The van der Waals surface area contributed by atoms with Crippen LogP contribution in [-0.2, 0) is 31.0 Å². The molecule has 0 aliphatic carbocycles. The van der Waals surface area contributed by atoms with E-state index in [0.29, 0.717) is 43.2 Å². The Bertz CT molecular complexity index is 1270. The summed E-state index contributed by atoms with van der Waals surface area (Å²) in [6, 6.07) is 6.63. The van der Waals surface area contributed by atoms with Crippen molar-refractivity contribution in [1.29, 1.82) is 0 Å². The third-order valence-electron chi connectivity index (χ3n) is 5.53. The van der Waals surface area contributed by atoms with Crippen molar-refractivity contribution in [3.05, 3.63) is 50.9 Å². The Balaban J connectivity index is 1.89. The van der Waals surface area contributed by atoms with Gasteiger partial charge in [-0.1, -0.05) is 20.3 Å². The van der Waals surface area contributed by atoms with Crippen molar-refractivity contribution in [1.82, 2.24) is 18.7 Å². The van der Waals surface area contributed by atoms with Crippen LogP contribution in [0.3, 0.4) is 0 Å². The average Bonchev–Trinajstić information content (AvgIpc) is 3.19. The number of nitrogens with zero attached hydrogens (tertiary/aromatic N) is 4. The topological polar surface area (TPSA) is 141 Å². The minimum Gasteiger partial charge on any atom is -0.491 e. The van der Waals surface area contributed by atoms with Crippen LogP contribution in [0, 0.1) is 0 Å². The van der Waals surface area contributed by atoms with Gasteiger partial charge in [0.15, 0.2) is 11.2 Å². The number of aliphatic hydroxyl groups excluding tert-OH is 2. The third-order valence-corrected chi connectivity index (χ3v) is 5.53. The first-order chi connectivity index (χ1) is 16.8. The Morgan fingerprint density at radius 2 is 1.80 bits per heavy atom. The van der Waals surface area contributed by atoms with Crippen molar-refractivity contribution < 1.29 is 19.7 Å². The SMILES string of the molecule is CCCCn1c(=O)n(CC(O)COc2ccc(NC(C)=O)cc2)c(=O)c2c1nc(CO)n2CCC. The van der Waals surface area contributed by atoms with E-state index >= 15 is 0 Å². The second-order valence-corrected chi connectivity index (χ2v) is 8.38. The largest absolute Gasteiger partial charge is 0.491 e. The molecule has 3 rings (SSSR count). The molecule has 1 atom stereocenters. The summed E-state index contributed by atoms with van der Waals surface area (Å²) in [4.78, 5) is 42.1. The lowest BCUT2D eigenvalue weighted by molar-refractivity contribution is -0.114. The lowest BCUT2D eigenvalue weighted by Gasteiger charge is -2.16. The zero-order valence-electron chi connectivity index (χ0n) is 20.4. The van der Waals surface area contributed by atoms with E-state index in [2.05, 4.69) is 10.3 Å². The summed E-state index contributed by atoms with van der Waals surface area (Å²) in [5.41, 5.74) is 0.00158. The fourth-order valence-corrected chi connectivity index (χ4v) is 3.89. The highest BCUT2D eigenvalue weighted by atomic mass is 16.5. The quantitative estimate of drug-likeness (QED) is 0.351. The van der Waals surface area contributed by atoms with Crippen LogP contribution in [0.15, 0.2) is 33.9 Å². The number of rotatable bonds is 12. The molecular weight excluding hydrogens is 454 g/mol. The number of aromatic nitrogens is 4. The minimum absolute atomic E-state index is 0.144. The number of amides is 1. The van der Waals surface area contributed by atoms with Gasteiger partial charge in [-0.25, -0.2) is 9.78 Å². The van der Waals surface area contributed by atoms with Gasteiger partial charge in [-0.05, 0) is 37.1 Å². The number of carbonyl (C=O) groups is 1. The van der Waals surface area contributed by atoms with Gasteiger partial charge in [-0.2, -0.15) is 0 Å². The van der Waals surface area contributed by atoms with Crippen molar-refractivity contribution in [2.75, 3.05) is 11.9 Å². The summed E-state index contributed by atoms with van der Waals surface area (Å²) in [6.45, 7) is 5.44. The molecular formula is C24H33N5O6. The van der Waals surface area contributed by atoms with Crippen LogP contribution in [-0.4, -0.2) is 47.5 Å². The Kier molecular flexibility index (Phi) is 8.83. The summed E-state index contributed by atoms with van der Waals surface area (Å²) < 4.78 is 9.72. The van der Waals surface area contributed by atoms with Crippen molar-refractivity contribution in [3.8, 4) is 5.75 Å². The first kappa shape index (κ1) is 26.2. The van der Waals surface area contributed by atoms with E-state index in [1.807, 2.05) is 13.8 Å². The molecule has 190 valence electrons. The van der Waals surface area contributed by atoms with Crippen LogP contribution >= 0.6 is 0 Å². The zero-order valence-corrected chi connectivity index (χ0v) is 20.4. The minimum atomic E-state index is -1.13. The molecule has 0 saturated heterocycles. The maximum Gasteiger partial charge on any atom is 0.332 e. The smallest absolute Gasteiger partial charge is 0.332 e. The molecule has 2 aromatic heterocycles. The molecule has 0 bridgehead atoms. The standard InChI is InChI=1S/C24H33N5O6/c1-4-6-12-28-22-21(27(11-5-2)20(14-30)26-22)23(33)29(24(28)34)13-18(32)15-35-19-9-7-17(8-10-19)25-16(3)31/h7-10,18,30,32H,4-6,11-15H2,1-3H3,(H,25,31). The van der Waals surface area contributed by atoms with Gasteiger partial charge in [-0.15, -0.1) is 0 Å². The molecule has 11 nitrogen and oxygen atoms in total. The number of ether oxygens (including phenoxy) is 1. The van der Waals surface area contributed by atoms with Crippen LogP contribution in [0.1, 0.15) is 45.9 Å². The number of carbonyl (C=O) groups excluding carboxylic acids is 1. The van der Waals surface area contributed by atoms with Crippen LogP contribution < -0.4 is 21.3 Å². The number of anilines is 1. The van der Waals surface area contributed by atoms with E-state index in [-0.39, 0.29) is 36.8 Å². The Morgan fingerprint density at radius 3 is 2.40 bits per heavy atom. The predicted octanol–water partition coefficient (Wildman–Crippen LogP) is 1.46. The Hall–Kier alpha value is -3.44. The van der Waals surface area contributed by atoms with Gasteiger partial charge >= 0.3 is 5.69 Å². The number of imidazole rings is 1. The molecule has 3 N–H and O–H groups in total. The number of nitrogens with one attached hydrogen (secondary N) is 1. The lowest BCUT2D eigenvalue weighted by Crippen LogP contribution is -2.44. The highest BCUT2D eigenvalue weighted by Gasteiger charge is 2.22. The number of hydrogen-bond donors (Lipinski definition) is 3. The maximum atomic E-state index is 13.4. The molecule has 3 aromatic rings. The van der Waals surface area contributed by atoms with Gasteiger partial charge in [0.1, 0.15) is 30.9 Å². The van der Waals surface area contributed by atoms with E-state index in [0.717, 1.165) is 11.0 Å². The molecule has 1 unspecified atom stereocenters. The number of aliphatic hydroxyl groups is 2. The van der Waals surface area contributed by atoms with E-state index in [1.54, 1.807) is 28.8 Å². The van der Waals surface area contributed by atoms with Crippen molar-refractivity contribution in [2.24, 2.45) is 0 Å². The fraction of sp³-hybridized carbons (Fsp3) is 0.500. The molecule has 35 heavy (non-hydrogen) atoms. The summed E-state index contributed by atoms with van der Waals surface area (Å²) in [7, 11) is 0. The number of aryl methyl sites for hydroxylation is 2. The van der Waals surface area contributed by atoms with Crippen molar-refractivity contribution in [2.45, 2.75) is 72.4 Å². The molecule has 1 amide bonds. The van der Waals surface area contributed by atoms with E-state index in [9.17, 15) is 24.6 Å². The Labute approximate surface area is 202 Å². The molecule has 1 aromatic carbocycles. The molecule has 11 heteroatoms. The molecule has 0 spiro atoms. The second-order valence-electron chi connectivity index (χ2n) is 8.38. The number of unbranched alkanes of at least 4 members (excludes halogenated alkanes) is 1. The van der Waals surface area contributed by atoms with Gasteiger partial charge in [0, 0.05) is 25.7 Å². The fourth-order valence-electron chi connectivity index (χ4n) is 3.89. The van der Waals surface area contributed by atoms with Crippen molar-refractivity contribution >= 4 is 22.8 Å². The first-order valence-corrected chi connectivity index (χ1v) is 11.8. The van der Waals surface area contributed by atoms with E-state index in [4.69, 9.17) is 4.74 Å². The number of hydrogen-bond acceptors (Lipinski definition) is 7. The second kappa shape index (κ2) is 11.8. The van der Waals surface area contributed by atoms with Crippen LogP contribution in [0.4, 0.5) is 5.69 Å². The maximum absolute atomic E-state index is 13.4. The number of benzene rings is 1. The first-order valence-electron chi connectivity index (χ1n) is 11.8. The molecule has 0 aliphatic rings. The summed E-state index contributed by atoms with van der Waals surface area (Å²) in [6.07, 6.45) is 1.13. The van der Waals surface area contributed by atoms with Crippen LogP contribution in [0.25, 0.3) is 11.2 Å². The van der Waals surface area contributed by atoms with Gasteiger partial charge < -0.3 is 24.8 Å². The van der Waals surface area contributed by atoms with E-state index < -0.39 is 17.4 Å². The predicted molar refractivity (Wildman–Crippen MR) is 132 cm³/mol. The van der Waals surface area contributed by atoms with Gasteiger partial charge in [0.05, 0.1) is 6.54 Å². The molecule has 2 heterocycles. The normalized spacial score (nSPS) is 12.1. The number of fused-ring (bicyclic) bond motifs is 1. The lowest BCUT2D eigenvalue weighted by atomic mass is 10.3. The molecule has 0 saturated carbocycles. The average molecular weight is 488 g/mol. The summed E-state index contributed by atoms with van der Waals surface area (Å²) >= 11 is 0. The summed E-state index contributed by atoms with van der Waals surface area (Å²) in [5.74, 6) is 0.607. The van der Waals surface area contributed by atoms with Gasteiger partial charge in [-0.3, -0.25) is 18.7 Å². The van der Waals surface area contributed by atoms with Crippen molar-refractivity contribution in [3.63, 3.8) is 0 Å². The van der Waals surface area contributed by atoms with E-state index in [1.165, 1.54) is 11.5 Å². The summed E-state index contributed by atoms with van der Waals surface area (Å²) in [5, 5.41) is 23.0. The molecule has 0 radical (unpaired) electrons. The zero-order chi connectivity index (χ0) is 25.5. The highest BCUT2D eigenvalue weighted by Crippen LogP contribution is 2.16. The van der Waals surface area contributed by atoms with Crippen LogP contribution in [0.2, 0.25) is 0 Å². The monoisotopic (exact) mass is 487 g/mol. The third kappa shape index (κ3) is 5.98. The Morgan fingerprint density at radius 1 is 1.09 bits per heavy atom. The van der Waals surface area contributed by atoms with Gasteiger partial charge in [0.2, 0.25) is 5.91 Å².